The van der Waals surface area contributed by atoms with Crippen LogP contribution in [0, 0.1) is 5.82 Å². The third kappa shape index (κ3) is 5.28. The number of nitrogens with one attached hydrogen (secondary N) is 3. The van der Waals surface area contributed by atoms with Crippen LogP contribution in [0.15, 0.2) is 97.9 Å². The Morgan fingerprint density at radius 2 is 1.93 bits per heavy atom. The maximum absolute atomic E-state index is 14.0. The summed E-state index contributed by atoms with van der Waals surface area (Å²) in [7, 11) is 0. The standard InChI is InChI=1S/C33H32FN7/c1-4-22(15-26(5-2)37-21(3)41-12-7-6-8-13-41)24-16-28-32(39-40-33(28)36-18-24)30-17-27-29(19-35-20-31(27)38-30)23-10-9-11-25(34)14-23/h4-5,9-11,14-20,37-38H,2-3,6-8,12-13H2,1H3,(H,36,39,40)/b22-4+,26-15+. The molecular formula is C33H32FN7. The zero-order valence-corrected chi connectivity index (χ0v) is 23.0. The maximum atomic E-state index is 14.0. The van der Waals surface area contributed by atoms with Crippen molar-refractivity contribution in [2.75, 3.05) is 13.1 Å². The minimum absolute atomic E-state index is 0.284. The molecule has 5 heterocycles. The first-order chi connectivity index (χ1) is 20.0. The summed E-state index contributed by atoms with van der Waals surface area (Å²) < 4.78 is 14.0. The van der Waals surface area contributed by atoms with Crippen molar-refractivity contribution in [2.24, 2.45) is 0 Å². The van der Waals surface area contributed by atoms with Crippen LogP contribution in [0.2, 0.25) is 0 Å². The summed E-state index contributed by atoms with van der Waals surface area (Å²) in [6, 6.07) is 10.7. The van der Waals surface area contributed by atoms with E-state index in [9.17, 15) is 4.39 Å². The van der Waals surface area contributed by atoms with E-state index in [2.05, 4.69) is 66.7 Å². The summed E-state index contributed by atoms with van der Waals surface area (Å²) >= 11 is 0. The van der Waals surface area contributed by atoms with E-state index < -0.39 is 0 Å². The average Bonchev–Trinajstić information content (AvgIpc) is 3.63. The second-order valence-corrected chi connectivity index (χ2v) is 10.2. The number of aromatic nitrogens is 5. The molecular weight excluding hydrogens is 513 g/mol. The summed E-state index contributed by atoms with van der Waals surface area (Å²) in [6.07, 6.45) is 14.9. The lowest BCUT2D eigenvalue weighted by molar-refractivity contribution is 0.274. The van der Waals surface area contributed by atoms with Gasteiger partial charge in [0, 0.05) is 53.1 Å². The zero-order valence-electron chi connectivity index (χ0n) is 23.0. The van der Waals surface area contributed by atoms with Crippen LogP contribution in [-0.2, 0) is 0 Å². The van der Waals surface area contributed by atoms with Crippen molar-refractivity contribution in [3.05, 3.63) is 109 Å². The van der Waals surface area contributed by atoms with Gasteiger partial charge in [0.1, 0.15) is 5.82 Å². The van der Waals surface area contributed by atoms with Gasteiger partial charge in [-0.05, 0) is 73.7 Å². The van der Waals surface area contributed by atoms with E-state index in [1.807, 2.05) is 31.3 Å². The quantitative estimate of drug-likeness (QED) is 0.178. The fourth-order valence-corrected chi connectivity index (χ4v) is 5.39. The van der Waals surface area contributed by atoms with Crippen LogP contribution in [-0.4, -0.2) is 43.1 Å². The molecule has 206 valence electrons. The number of piperidine rings is 1. The van der Waals surface area contributed by atoms with E-state index >= 15 is 0 Å². The molecule has 1 aromatic carbocycles. The molecule has 0 amide bonds. The van der Waals surface area contributed by atoms with Crippen LogP contribution in [0.4, 0.5) is 4.39 Å². The molecule has 0 saturated carbocycles. The first kappa shape index (κ1) is 26.3. The molecule has 8 heteroatoms. The second kappa shape index (κ2) is 11.3. The molecule has 1 saturated heterocycles. The minimum Gasteiger partial charge on any atom is -0.359 e. The number of hydrogen-bond donors (Lipinski definition) is 3. The number of halogens is 1. The van der Waals surface area contributed by atoms with E-state index in [1.165, 1.54) is 31.4 Å². The molecule has 6 rings (SSSR count). The summed E-state index contributed by atoms with van der Waals surface area (Å²) in [5.41, 5.74) is 7.56. The molecule has 0 spiro atoms. The highest BCUT2D eigenvalue weighted by Gasteiger charge is 2.16. The largest absolute Gasteiger partial charge is 0.359 e. The third-order valence-electron chi connectivity index (χ3n) is 7.56. The number of pyridine rings is 2. The first-order valence-corrected chi connectivity index (χ1v) is 13.8. The third-order valence-corrected chi connectivity index (χ3v) is 7.56. The van der Waals surface area contributed by atoms with Gasteiger partial charge in [0.15, 0.2) is 5.65 Å². The topological polar surface area (TPSA) is 85.5 Å². The number of hydrogen-bond acceptors (Lipinski definition) is 5. The Morgan fingerprint density at radius 1 is 1.07 bits per heavy atom. The molecule has 7 nitrogen and oxygen atoms in total. The van der Waals surface area contributed by atoms with Gasteiger partial charge in [-0.2, -0.15) is 5.10 Å². The molecule has 5 aromatic rings. The molecule has 4 aromatic heterocycles. The highest BCUT2D eigenvalue weighted by atomic mass is 19.1. The molecule has 0 unspecified atom stereocenters. The fourth-order valence-electron chi connectivity index (χ4n) is 5.39. The van der Waals surface area contributed by atoms with Crippen molar-refractivity contribution in [1.29, 1.82) is 0 Å². The lowest BCUT2D eigenvalue weighted by Gasteiger charge is -2.31. The van der Waals surface area contributed by atoms with Gasteiger partial charge in [0.25, 0.3) is 0 Å². The first-order valence-electron chi connectivity index (χ1n) is 13.8. The number of H-pyrrole nitrogens is 2. The van der Waals surface area contributed by atoms with Crippen molar-refractivity contribution in [1.82, 2.24) is 35.4 Å². The van der Waals surface area contributed by atoms with Crippen molar-refractivity contribution in [3.8, 4) is 22.5 Å². The monoisotopic (exact) mass is 545 g/mol. The number of benzene rings is 1. The van der Waals surface area contributed by atoms with Crippen molar-refractivity contribution in [3.63, 3.8) is 0 Å². The minimum atomic E-state index is -0.284. The normalized spacial score (nSPS) is 14.5. The van der Waals surface area contributed by atoms with Crippen LogP contribution in [0.1, 0.15) is 31.7 Å². The lowest BCUT2D eigenvalue weighted by atomic mass is 10.0. The Bertz CT molecular complexity index is 1820. The smallest absolute Gasteiger partial charge is 0.181 e. The highest BCUT2D eigenvalue weighted by Crippen LogP contribution is 2.34. The van der Waals surface area contributed by atoms with Crippen LogP contribution >= 0.6 is 0 Å². The second-order valence-electron chi connectivity index (χ2n) is 10.2. The number of nitrogens with zero attached hydrogens (tertiary/aromatic N) is 4. The van der Waals surface area contributed by atoms with E-state index in [1.54, 1.807) is 18.5 Å². The highest BCUT2D eigenvalue weighted by molar-refractivity contribution is 6.00. The molecule has 0 radical (unpaired) electrons. The summed E-state index contributed by atoms with van der Waals surface area (Å²) in [5.74, 6) is 0.607. The molecule has 0 bridgehead atoms. The van der Waals surface area contributed by atoms with Gasteiger partial charge in [-0.3, -0.25) is 10.1 Å². The Morgan fingerprint density at radius 3 is 2.71 bits per heavy atom. The van der Waals surface area contributed by atoms with E-state index in [0.717, 1.165) is 74.5 Å². The van der Waals surface area contributed by atoms with E-state index in [4.69, 9.17) is 0 Å². The van der Waals surface area contributed by atoms with Gasteiger partial charge in [0.2, 0.25) is 0 Å². The van der Waals surface area contributed by atoms with E-state index in [0.29, 0.717) is 5.65 Å². The van der Waals surface area contributed by atoms with Gasteiger partial charge in [-0.15, -0.1) is 0 Å². The lowest BCUT2D eigenvalue weighted by Crippen LogP contribution is -2.34. The molecule has 1 aliphatic heterocycles. The van der Waals surface area contributed by atoms with Crippen molar-refractivity contribution < 1.29 is 4.39 Å². The van der Waals surface area contributed by atoms with Crippen molar-refractivity contribution >= 4 is 27.5 Å². The molecule has 3 N–H and O–H groups in total. The van der Waals surface area contributed by atoms with Gasteiger partial charge >= 0.3 is 0 Å². The van der Waals surface area contributed by atoms with E-state index in [-0.39, 0.29) is 5.82 Å². The van der Waals surface area contributed by atoms with Crippen LogP contribution in [0.3, 0.4) is 0 Å². The van der Waals surface area contributed by atoms with Crippen LogP contribution in [0.25, 0.3) is 50.0 Å². The predicted molar refractivity (Wildman–Crippen MR) is 164 cm³/mol. The maximum Gasteiger partial charge on any atom is 0.181 e. The number of aromatic amines is 2. The predicted octanol–water partition coefficient (Wildman–Crippen LogP) is 7.33. The van der Waals surface area contributed by atoms with Gasteiger partial charge in [-0.1, -0.05) is 31.4 Å². The molecule has 0 atom stereocenters. The fraction of sp³-hybridized carbons (Fsp3) is 0.182. The zero-order chi connectivity index (χ0) is 28.3. The number of rotatable bonds is 8. The molecule has 1 fully saturated rings. The summed E-state index contributed by atoms with van der Waals surface area (Å²) in [5, 5.41) is 12.9. The SMILES string of the molecule is C=C/C(=C\C(=C/C)c1cnc2n[nH]c(-c3cc4c(-c5cccc(F)c5)cncc4[nH]3)c2c1)NC(=C)N1CCCCC1. The molecule has 1 aliphatic rings. The van der Waals surface area contributed by atoms with Crippen LogP contribution < -0.4 is 5.32 Å². The summed E-state index contributed by atoms with van der Waals surface area (Å²) in [6.45, 7) is 12.3. The Kier molecular flexibility index (Phi) is 7.20. The Labute approximate surface area is 238 Å². The number of fused-ring (bicyclic) bond motifs is 2. The Balaban J connectivity index is 1.34. The summed E-state index contributed by atoms with van der Waals surface area (Å²) in [4.78, 5) is 14.8. The number of allylic oxidation sites excluding steroid dienone is 4. The van der Waals surface area contributed by atoms with Gasteiger partial charge in [-0.25, -0.2) is 9.37 Å². The molecule has 0 aliphatic carbocycles. The van der Waals surface area contributed by atoms with Crippen molar-refractivity contribution in [2.45, 2.75) is 26.2 Å². The van der Waals surface area contributed by atoms with Gasteiger partial charge in [0.05, 0.1) is 28.9 Å². The molecule has 41 heavy (non-hydrogen) atoms. The average molecular weight is 546 g/mol. The van der Waals surface area contributed by atoms with Crippen LogP contribution in [0.5, 0.6) is 0 Å². The Hall–Kier alpha value is -4.98. The van der Waals surface area contributed by atoms with Gasteiger partial charge < -0.3 is 15.2 Å². The number of likely N-dealkylation sites (tertiary alicyclic amines) is 1.